The molecule has 1 saturated heterocycles. The van der Waals surface area contributed by atoms with Gasteiger partial charge in [-0.05, 0) is 61.7 Å². The Labute approximate surface area is 155 Å². The maximum atomic E-state index is 13.0. The Morgan fingerprint density at radius 1 is 1.19 bits per heavy atom. The molecule has 0 aliphatic carbocycles. The first-order valence-corrected chi connectivity index (χ1v) is 9.59. The topological polar surface area (TPSA) is 45.2 Å². The van der Waals surface area contributed by atoms with E-state index in [1.807, 2.05) is 0 Å². The molecule has 0 saturated carbocycles. The third-order valence-electron chi connectivity index (χ3n) is 4.78. The van der Waals surface area contributed by atoms with Gasteiger partial charge in [-0.25, -0.2) is 9.37 Å². The van der Waals surface area contributed by atoms with E-state index in [4.69, 9.17) is 4.98 Å². The van der Waals surface area contributed by atoms with Crippen molar-refractivity contribution in [2.75, 3.05) is 23.3 Å². The van der Waals surface area contributed by atoms with Crippen molar-refractivity contribution in [3.63, 3.8) is 0 Å². The summed E-state index contributed by atoms with van der Waals surface area (Å²) in [5.41, 5.74) is 2.91. The fourth-order valence-corrected chi connectivity index (χ4v) is 4.38. The van der Waals surface area contributed by atoms with Crippen molar-refractivity contribution in [1.82, 2.24) is 4.98 Å². The number of aromatic nitrogens is 1. The van der Waals surface area contributed by atoms with Gasteiger partial charge in [0.15, 0.2) is 5.13 Å². The number of carbonyl (C=O) groups excluding carboxylic acids is 1. The monoisotopic (exact) mass is 369 g/mol. The number of rotatable bonds is 3. The van der Waals surface area contributed by atoms with E-state index in [1.54, 1.807) is 23.5 Å². The molecule has 0 unspecified atom stereocenters. The number of nitrogens with zero attached hydrogens (tertiary/aromatic N) is 2. The van der Waals surface area contributed by atoms with Crippen LogP contribution >= 0.6 is 11.3 Å². The number of halogens is 1. The van der Waals surface area contributed by atoms with E-state index in [0.29, 0.717) is 5.69 Å². The summed E-state index contributed by atoms with van der Waals surface area (Å²) in [5, 5.41) is 3.91. The van der Waals surface area contributed by atoms with Crippen LogP contribution in [0.1, 0.15) is 18.4 Å². The first kappa shape index (κ1) is 17.0. The molecular weight excluding hydrogens is 349 g/mol. The Hall–Kier alpha value is -2.47. The predicted molar refractivity (Wildman–Crippen MR) is 104 cm³/mol. The van der Waals surface area contributed by atoms with Crippen molar-refractivity contribution in [3.05, 3.63) is 53.8 Å². The predicted octanol–water partition coefficient (Wildman–Crippen LogP) is 4.60. The molecule has 1 aliphatic heterocycles. The second-order valence-corrected chi connectivity index (χ2v) is 7.73. The van der Waals surface area contributed by atoms with Crippen molar-refractivity contribution in [2.45, 2.75) is 19.8 Å². The van der Waals surface area contributed by atoms with Crippen LogP contribution in [0.5, 0.6) is 0 Å². The van der Waals surface area contributed by atoms with Crippen LogP contribution in [0.2, 0.25) is 0 Å². The first-order valence-electron chi connectivity index (χ1n) is 8.77. The molecule has 0 atom stereocenters. The van der Waals surface area contributed by atoms with Crippen molar-refractivity contribution in [3.8, 4) is 0 Å². The highest BCUT2D eigenvalue weighted by Crippen LogP contribution is 2.32. The van der Waals surface area contributed by atoms with E-state index < -0.39 is 0 Å². The molecule has 4 rings (SSSR count). The molecule has 1 N–H and O–H groups in total. The van der Waals surface area contributed by atoms with Gasteiger partial charge in [0.2, 0.25) is 5.91 Å². The molecule has 1 aliphatic rings. The molecule has 1 fully saturated rings. The number of nitrogens with one attached hydrogen (secondary N) is 1. The largest absolute Gasteiger partial charge is 0.348 e. The normalized spacial score (nSPS) is 15.4. The van der Waals surface area contributed by atoms with E-state index in [1.165, 1.54) is 22.4 Å². The van der Waals surface area contributed by atoms with Crippen molar-refractivity contribution in [1.29, 1.82) is 0 Å². The summed E-state index contributed by atoms with van der Waals surface area (Å²) in [6.07, 6.45) is 1.59. The zero-order chi connectivity index (χ0) is 18.1. The minimum Gasteiger partial charge on any atom is -0.348 e. The van der Waals surface area contributed by atoms with Crippen LogP contribution in [-0.4, -0.2) is 24.0 Å². The Balaban J connectivity index is 1.38. The van der Waals surface area contributed by atoms with Crippen LogP contribution in [-0.2, 0) is 4.79 Å². The van der Waals surface area contributed by atoms with Crippen molar-refractivity contribution in [2.24, 2.45) is 5.92 Å². The maximum absolute atomic E-state index is 13.0. The number of benzene rings is 2. The molecule has 6 heteroatoms. The third kappa shape index (κ3) is 3.55. The minimum atomic E-state index is -0.303. The van der Waals surface area contributed by atoms with Gasteiger partial charge >= 0.3 is 0 Å². The highest BCUT2D eigenvalue weighted by Gasteiger charge is 2.26. The van der Waals surface area contributed by atoms with Gasteiger partial charge in [-0.15, -0.1) is 0 Å². The fraction of sp³-hybridized carbons (Fsp3) is 0.300. The summed E-state index contributed by atoms with van der Waals surface area (Å²) in [6, 6.07) is 12.2. The van der Waals surface area contributed by atoms with Gasteiger partial charge < -0.3 is 10.2 Å². The minimum absolute atomic E-state index is 0.0104. The lowest BCUT2D eigenvalue weighted by molar-refractivity contribution is -0.120. The summed E-state index contributed by atoms with van der Waals surface area (Å²) in [5.74, 6) is -0.313. The number of aryl methyl sites for hydroxylation is 1. The van der Waals surface area contributed by atoms with Crippen LogP contribution in [0, 0.1) is 18.7 Å². The summed E-state index contributed by atoms with van der Waals surface area (Å²) < 4.78 is 14.2. The standard InChI is InChI=1S/C20H20FN3OS/c1-13-2-7-17-18(12-13)26-20(23-17)24-10-8-14(9-11-24)19(25)22-16-5-3-15(21)4-6-16/h2-7,12,14H,8-11H2,1H3,(H,22,25). The molecule has 0 spiro atoms. The molecule has 2 heterocycles. The number of piperidine rings is 1. The molecular formula is C20H20FN3OS. The van der Waals surface area contributed by atoms with Gasteiger partial charge in [0.05, 0.1) is 10.2 Å². The van der Waals surface area contributed by atoms with E-state index in [0.717, 1.165) is 36.6 Å². The second-order valence-electron chi connectivity index (χ2n) is 6.73. The fourth-order valence-electron chi connectivity index (χ4n) is 3.27. The van der Waals surface area contributed by atoms with Crippen LogP contribution < -0.4 is 10.2 Å². The summed E-state index contributed by atoms with van der Waals surface area (Å²) >= 11 is 1.71. The number of fused-ring (bicyclic) bond motifs is 1. The Morgan fingerprint density at radius 2 is 1.92 bits per heavy atom. The molecule has 0 bridgehead atoms. The molecule has 134 valence electrons. The maximum Gasteiger partial charge on any atom is 0.227 e. The second kappa shape index (κ2) is 7.03. The van der Waals surface area contributed by atoms with Gasteiger partial charge in [0, 0.05) is 24.7 Å². The number of anilines is 2. The highest BCUT2D eigenvalue weighted by atomic mass is 32.1. The quantitative estimate of drug-likeness (QED) is 0.734. The van der Waals surface area contributed by atoms with Crippen molar-refractivity contribution >= 4 is 38.3 Å². The van der Waals surface area contributed by atoms with E-state index in [9.17, 15) is 9.18 Å². The zero-order valence-corrected chi connectivity index (χ0v) is 15.4. The molecule has 2 aromatic carbocycles. The number of hydrogen-bond acceptors (Lipinski definition) is 4. The van der Waals surface area contributed by atoms with Gasteiger partial charge in [-0.2, -0.15) is 0 Å². The number of carbonyl (C=O) groups is 1. The van der Waals surface area contributed by atoms with E-state index in [-0.39, 0.29) is 17.6 Å². The molecule has 3 aromatic rings. The SMILES string of the molecule is Cc1ccc2nc(N3CCC(C(=O)Nc4ccc(F)cc4)CC3)sc2c1. The van der Waals surface area contributed by atoms with Crippen LogP contribution in [0.3, 0.4) is 0 Å². The number of amides is 1. The lowest BCUT2D eigenvalue weighted by atomic mass is 9.96. The number of hydrogen-bond donors (Lipinski definition) is 1. The highest BCUT2D eigenvalue weighted by molar-refractivity contribution is 7.22. The lowest BCUT2D eigenvalue weighted by Gasteiger charge is -2.31. The summed E-state index contributed by atoms with van der Waals surface area (Å²) in [4.78, 5) is 19.4. The smallest absolute Gasteiger partial charge is 0.227 e. The average molecular weight is 369 g/mol. The van der Waals surface area contributed by atoms with Gasteiger partial charge in [0.1, 0.15) is 5.82 Å². The summed E-state index contributed by atoms with van der Waals surface area (Å²) in [7, 11) is 0. The van der Waals surface area contributed by atoms with Crippen LogP contribution in [0.15, 0.2) is 42.5 Å². The third-order valence-corrected chi connectivity index (χ3v) is 5.86. The lowest BCUT2D eigenvalue weighted by Crippen LogP contribution is -2.38. The summed E-state index contributed by atoms with van der Waals surface area (Å²) in [6.45, 7) is 3.73. The number of thiazole rings is 1. The Kier molecular flexibility index (Phi) is 4.59. The zero-order valence-electron chi connectivity index (χ0n) is 14.5. The first-order chi connectivity index (χ1) is 12.6. The van der Waals surface area contributed by atoms with Gasteiger partial charge in [-0.1, -0.05) is 17.4 Å². The van der Waals surface area contributed by atoms with Gasteiger partial charge in [-0.3, -0.25) is 4.79 Å². The van der Waals surface area contributed by atoms with Crippen molar-refractivity contribution < 1.29 is 9.18 Å². The van der Waals surface area contributed by atoms with Crippen LogP contribution in [0.4, 0.5) is 15.2 Å². The molecule has 1 aromatic heterocycles. The molecule has 0 radical (unpaired) electrons. The Morgan fingerprint density at radius 3 is 2.65 bits per heavy atom. The Bertz CT molecular complexity index is 930. The average Bonchev–Trinajstić information content (AvgIpc) is 3.07. The molecule has 26 heavy (non-hydrogen) atoms. The van der Waals surface area contributed by atoms with Gasteiger partial charge in [0.25, 0.3) is 0 Å². The van der Waals surface area contributed by atoms with E-state index >= 15 is 0 Å². The molecule has 1 amide bonds. The van der Waals surface area contributed by atoms with E-state index in [2.05, 4.69) is 35.3 Å². The molecule has 4 nitrogen and oxygen atoms in total. The van der Waals surface area contributed by atoms with Crippen LogP contribution in [0.25, 0.3) is 10.2 Å².